The lowest BCUT2D eigenvalue weighted by Gasteiger charge is -2.08. The average molecular weight is 242 g/mol. The van der Waals surface area contributed by atoms with E-state index in [-0.39, 0.29) is 11.7 Å². The molecule has 0 fully saturated rings. The molecule has 0 atom stereocenters. The Balaban J connectivity index is 2.24. The van der Waals surface area contributed by atoms with Crippen LogP contribution in [0.5, 0.6) is 5.75 Å². The summed E-state index contributed by atoms with van der Waals surface area (Å²) in [6.45, 7) is 3.71. The molecule has 4 heteroatoms. The molecule has 0 unspecified atom stereocenters. The van der Waals surface area contributed by atoms with Crippen LogP contribution in [0.25, 0.3) is 0 Å². The van der Waals surface area contributed by atoms with Crippen molar-refractivity contribution < 1.29 is 9.90 Å². The number of carbonyl (C=O) groups is 1. The van der Waals surface area contributed by atoms with E-state index in [1.54, 1.807) is 30.3 Å². The molecule has 0 saturated carbocycles. The normalized spacial score (nSPS) is 10.1. The first-order valence-corrected chi connectivity index (χ1v) is 5.61. The molecule has 0 bridgehead atoms. The van der Waals surface area contributed by atoms with Gasteiger partial charge in [0.05, 0.1) is 5.69 Å². The molecule has 0 saturated heterocycles. The number of nitrogens with one attached hydrogen (secondary N) is 1. The van der Waals surface area contributed by atoms with Gasteiger partial charge in [-0.1, -0.05) is 12.1 Å². The van der Waals surface area contributed by atoms with Gasteiger partial charge in [0.1, 0.15) is 11.4 Å². The average Bonchev–Trinajstić information content (AvgIpc) is 2.34. The van der Waals surface area contributed by atoms with Gasteiger partial charge < -0.3 is 10.4 Å². The molecule has 0 radical (unpaired) electrons. The van der Waals surface area contributed by atoms with Crippen molar-refractivity contribution in [2.24, 2.45) is 0 Å². The molecule has 0 spiro atoms. The molecule has 1 amide bonds. The van der Waals surface area contributed by atoms with E-state index >= 15 is 0 Å². The van der Waals surface area contributed by atoms with E-state index in [0.29, 0.717) is 11.4 Å². The number of anilines is 1. The number of nitrogens with zero attached hydrogens (tertiary/aromatic N) is 1. The maximum Gasteiger partial charge on any atom is 0.274 e. The molecule has 92 valence electrons. The van der Waals surface area contributed by atoms with E-state index < -0.39 is 0 Å². The lowest BCUT2D eigenvalue weighted by atomic mass is 10.2. The highest BCUT2D eigenvalue weighted by Gasteiger charge is 2.10. The third-order valence-corrected chi connectivity index (χ3v) is 2.52. The lowest BCUT2D eigenvalue weighted by molar-refractivity contribution is 0.102. The number of phenols is 1. The minimum Gasteiger partial charge on any atom is -0.506 e. The molecule has 1 heterocycles. The fourth-order valence-corrected chi connectivity index (χ4v) is 1.61. The number of rotatable bonds is 2. The van der Waals surface area contributed by atoms with Crippen LogP contribution in [0.3, 0.4) is 0 Å². The van der Waals surface area contributed by atoms with Crippen LogP contribution in [0.15, 0.2) is 36.4 Å². The fourth-order valence-electron chi connectivity index (χ4n) is 1.61. The van der Waals surface area contributed by atoms with Gasteiger partial charge in [0.15, 0.2) is 0 Å². The molecule has 0 aliphatic carbocycles. The Morgan fingerprint density at radius 2 is 2.00 bits per heavy atom. The van der Waals surface area contributed by atoms with Crippen molar-refractivity contribution in [2.75, 3.05) is 5.32 Å². The van der Waals surface area contributed by atoms with Gasteiger partial charge >= 0.3 is 0 Å². The molecule has 0 aliphatic rings. The van der Waals surface area contributed by atoms with Crippen molar-refractivity contribution >= 4 is 11.6 Å². The van der Waals surface area contributed by atoms with Crippen LogP contribution in [0.4, 0.5) is 5.69 Å². The first kappa shape index (κ1) is 12.1. The van der Waals surface area contributed by atoms with Crippen molar-refractivity contribution in [3.8, 4) is 5.75 Å². The van der Waals surface area contributed by atoms with Crippen LogP contribution in [0.2, 0.25) is 0 Å². The van der Waals surface area contributed by atoms with Crippen LogP contribution in [0, 0.1) is 13.8 Å². The summed E-state index contributed by atoms with van der Waals surface area (Å²) in [5, 5.41) is 12.3. The topological polar surface area (TPSA) is 62.2 Å². The zero-order valence-corrected chi connectivity index (χ0v) is 10.3. The minimum absolute atomic E-state index is 0.0432. The van der Waals surface area contributed by atoms with Crippen molar-refractivity contribution in [1.82, 2.24) is 4.98 Å². The summed E-state index contributed by atoms with van der Waals surface area (Å²) in [4.78, 5) is 16.1. The second-order valence-electron chi connectivity index (χ2n) is 4.14. The van der Waals surface area contributed by atoms with Crippen LogP contribution >= 0.6 is 0 Å². The highest BCUT2D eigenvalue weighted by atomic mass is 16.3. The fraction of sp³-hybridized carbons (Fsp3) is 0.143. The molecule has 2 aromatic rings. The summed E-state index contributed by atoms with van der Waals surface area (Å²) in [6.07, 6.45) is 0. The van der Waals surface area contributed by atoms with Crippen molar-refractivity contribution in [2.45, 2.75) is 13.8 Å². The predicted octanol–water partition coefficient (Wildman–Crippen LogP) is 2.66. The number of benzene rings is 1. The van der Waals surface area contributed by atoms with Gasteiger partial charge in [0.25, 0.3) is 5.91 Å². The Morgan fingerprint density at radius 1 is 1.22 bits per heavy atom. The second kappa shape index (κ2) is 4.87. The second-order valence-corrected chi connectivity index (χ2v) is 4.14. The van der Waals surface area contributed by atoms with E-state index in [9.17, 15) is 9.90 Å². The van der Waals surface area contributed by atoms with Crippen LogP contribution in [0.1, 0.15) is 21.7 Å². The number of aromatic nitrogens is 1. The van der Waals surface area contributed by atoms with Gasteiger partial charge in [-0.3, -0.25) is 4.79 Å². The molecular formula is C14H14N2O2. The molecule has 4 nitrogen and oxygen atoms in total. The lowest BCUT2D eigenvalue weighted by Crippen LogP contribution is -2.14. The summed E-state index contributed by atoms with van der Waals surface area (Å²) < 4.78 is 0. The smallest absolute Gasteiger partial charge is 0.274 e. The third-order valence-electron chi connectivity index (χ3n) is 2.52. The van der Waals surface area contributed by atoms with Gasteiger partial charge in [-0.25, -0.2) is 4.98 Å². The highest BCUT2D eigenvalue weighted by molar-refractivity contribution is 6.03. The summed E-state index contributed by atoms with van der Waals surface area (Å²) in [5.41, 5.74) is 2.45. The van der Waals surface area contributed by atoms with E-state index in [0.717, 1.165) is 11.3 Å². The minimum atomic E-state index is -0.334. The Labute approximate surface area is 105 Å². The molecule has 2 N–H and O–H groups in total. The molecule has 1 aromatic carbocycles. The number of phenolic OH excluding ortho intramolecular Hbond substituents is 1. The van der Waals surface area contributed by atoms with Crippen LogP contribution < -0.4 is 5.32 Å². The number of pyridine rings is 1. The Kier molecular flexibility index (Phi) is 3.28. The summed E-state index contributed by atoms with van der Waals surface area (Å²) in [5.74, 6) is -0.291. The van der Waals surface area contributed by atoms with E-state index in [2.05, 4.69) is 10.3 Å². The van der Waals surface area contributed by atoms with E-state index in [1.165, 1.54) is 0 Å². The number of amides is 1. The number of carbonyl (C=O) groups excluding carboxylic acids is 1. The third kappa shape index (κ3) is 2.66. The first-order valence-electron chi connectivity index (χ1n) is 5.61. The van der Waals surface area contributed by atoms with Crippen molar-refractivity contribution in [3.63, 3.8) is 0 Å². The first-order chi connectivity index (χ1) is 8.56. The zero-order valence-electron chi connectivity index (χ0n) is 10.3. The number of hydrogen-bond donors (Lipinski definition) is 2. The Bertz CT molecular complexity index is 594. The summed E-state index contributed by atoms with van der Waals surface area (Å²) in [7, 11) is 0. The number of aryl methyl sites for hydroxylation is 2. The Hall–Kier alpha value is -2.36. The van der Waals surface area contributed by atoms with Crippen LogP contribution in [-0.4, -0.2) is 16.0 Å². The quantitative estimate of drug-likeness (QED) is 0.796. The number of aromatic hydroxyl groups is 1. The molecule has 0 aliphatic heterocycles. The van der Waals surface area contributed by atoms with Crippen LogP contribution in [-0.2, 0) is 0 Å². The van der Waals surface area contributed by atoms with Gasteiger partial charge in [-0.15, -0.1) is 0 Å². The SMILES string of the molecule is Cc1ccc(O)c(NC(=O)c2cccc(C)n2)c1. The maximum absolute atomic E-state index is 11.9. The summed E-state index contributed by atoms with van der Waals surface area (Å²) in [6, 6.07) is 10.3. The van der Waals surface area contributed by atoms with E-state index in [4.69, 9.17) is 0 Å². The highest BCUT2D eigenvalue weighted by Crippen LogP contribution is 2.24. The molecule has 2 rings (SSSR count). The monoisotopic (exact) mass is 242 g/mol. The van der Waals surface area contributed by atoms with Gasteiger partial charge in [0.2, 0.25) is 0 Å². The van der Waals surface area contributed by atoms with Gasteiger partial charge in [-0.2, -0.15) is 0 Å². The predicted molar refractivity (Wildman–Crippen MR) is 69.8 cm³/mol. The standard InChI is InChI=1S/C14H14N2O2/c1-9-6-7-13(17)12(8-9)16-14(18)11-5-3-4-10(2)15-11/h3-8,17H,1-2H3,(H,16,18). The molecule has 1 aromatic heterocycles. The molecular weight excluding hydrogens is 228 g/mol. The maximum atomic E-state index is 11.9. The Morgan fingerprint density at radius 3 is 2.72 bits per heavy atom. The molecule has 18 heavy (non-hydrogen) atoms. The van der Waals surface area contributed by atoms with Crippen molar-refractivity contribution in [1.29, 1.82) is 0 Å². The zero-order chi connectivity index (χ0) is 13.1. The van der Waals surface area contributed by atoms with E-state index in [1.807, 2.05) is 19.9 Å². The summed E-state index contributed by atoms with van der Waals surface area (Å²) >= 11 is 0. The largest absolute Gasteiger partial charge is 0.506 e. The van der Waals surface area contributed by atoms with Gasteiger partial charge in [0, 0.05) is 5.69 Å². The van der Waals surface area contributed by atoms with Gasteiger partial charge in [-0.05, 0) is 43.7 Å². The number of hydrogen-bond acceptors (Lipinski definition) is 3. The van der Waals surface area contributed by atoms with Crippen molar-refractivity contribution in [3.05, 3.63) is 53.3 Å².